The number of ether oxygens (including phenoxy) is 3. The largest absolute Gasteiger partial charge is 0.472 e. The molecule has 0 radical (unpaired) electrons. The number of esters is 3. The Kier molecular flexibility index (Phi) is 69.4. The lowest BCUT2D eigenvalue weighted by Gasteiger charge is -2.21. The van der Waals surface area contributed by atoms with Gasteiger partial charge in [-0.05, 0) is 141 Å². The van der Waals surface area contributed by atoms with Crippen LogP contribution in [0.15, 0.2) is 158 Å². The van der Waals surface area contributed by atoms with Crippen LogP contribution in [0.2, 0.25) is 0 Å². The number of hydrogen-bond acceptors (Lipinski definition) is 14. The normalized spacial score (nSPS) is 14.9. The molecule has 0 aliphatic rings. The van der Waals surface area contributed by atoms with Crippen molar-refractivity contribution in [3.05, 3.63) is 158 Å². The van der Waals surface area contributed by atoms with E-state index < -0.39 is 91.5 Å². The molecule has 4 N–H and O–H groups in total. The number of allylic oxidation sites excluding steroid dienone is 26. The minimum absolute atomic E-state index is 0.0754. The van der Waals surface area contributed by atoms with E-state index in [0.717, 1.165) is 173 Å². The van der Waals surface area contributed by atoms with Crippen LogP contribution >= 0.6 is 15.6 Å². The SMILES string of the molecule is CC/C=C\C/C=C\C/C=C\C/C=C\C/C=C\CCCCCCCCCCCCCC(=O)OCC(O)COP(=O)(O)OCC(O)COP(=O)(O)OCC(COC(=O)CCCCCCC/C=C\C/C=C\C/C=C\C/C=C\C/C=C\CC)OC(=O)CCCCCCC/C=C\C/C=C\C/C=C\CC. The van der Waals surface area contributed by atoms with Crippen LogP contribution in [-0.2, 0) is 55.8 Å². The maximum Gasteiger partial charge on any atom is 0.472 e. The molecule has 0 fully saturated rings. The van der Waals surface area contributed by atoms with Crippen molar-refractivity contribution in [1.82, 2.24) is 0 Å². The number of aliphatic hydroxyl groups excluding tert-OH is 2. The molecule has 18 heteroatoms. The first-order valence-electron chi connectivity index (χ1n) is 37.8. The summed E-state index contributed by atoms with van der Waals surface area (Å²) in [6.07, 6.45) is 90.0. The van der Waals surface area contributed by atoms with Gasteiger partial charge in [-0.3, -0.25) is 32.5 Å². The van der Waals surface area contributed by atoms with Crippen LogP contribution in [0.5, 0.6) is 0 Å². The van der Waals surface area contributed by atoms with E-state index in [2.05, 4.69) is 179 Å². The Morgan fingerprint density at radius 2 is 0.505 bits per heavy atom. The molecule has 5 unspecified atom stereocenters. The van der Waals surface area contributed by atoms with Crippen LogP contribution in [0.25, 0.3) is 0 Å². The van der Waals surface area contributed by atoms with Gasteiger partial charge in [0.15, 0.2) is 6.10 Å². The van der Waals surface area contributed by atoms with E-state index in [-0.39, 0.29) is 19.3 Å². The van der Waals surface area contributed by atoms with Crippen LogP contribution in [0.1, 0.15) is 278 Å². The first kappa shape index (κ1) is 94.2. The summed E-state index contributed by atoms with van der Waals surface area (Å²) >= 11 is 0. The summed E-state index contributed by atoms with van der Waals surface area (Å²) in [5.41, 5.74) is 0. The van der Waals surface area contributed by atoms with Crippen molar-refractivity contribution in [2.24, 2.45) is 0 Å². The number of hydrogen-bond donors (Lipinski definition) is 4. The maximum atomic E-state index is 12.9. The van der Waals surface area contributed by atoms with Crippen molar-refractivity contribution >= 4 is 33.6 Å². The predicted octanol–water partition coefficient (Wildman–Crippen LogP) is 21.9. The zero-order valence-corrected chi connectivity index (χ0v) is 63.1. The molecule has 0 aliphatic heterocycles. The quantitative estimate of drug-likeness (QED) is 0.0146. The second-order valence-corrected chi connectivity index (χ2v) is 27.6. The van der Waals surface area contributed by atoms with Gasteiger partial charge in [-0.25, -0.2) is 9.13 Å². The second kappa shape index (κ2) is 72.9. The van der Waals surface area contributed by atoms with Crippen molar-refractivity contribution in [2.45, 2.75) is 296 Å². The van der Waals surface area contributed by atoms with Crippen molar-refractivity contribution in [2.75, 3.05) is 39.6 Å². The topological polar surface area (TPSA) is 231 Å². The predicted molar refractivity (Wildman–Crippen MR) is 408 cm³/mol. The number of rotatable bonds is 70. The number of phosphoric acid groups is 2. The first-order valence-corrected chi connectivity index (χ1v) is 40.8. The first-order chi connectivity index (χ1) is 48.2. The molecule has 0 bridgehead atoms. The molecule has 0 spiro atoms. The minimum atomic E-state index is -4.94. The van der Waals surface area contributed by atoms with Crippen molar-refractivity contribution in [3.63, 3.8) is 0 Å². The number of aliphatic hydroxyl groups is 2. The van der Waals surface area contributed by atoms with E-state index in [0.29, 0.717) is 19.3 Å². The highest BCUT2D eigenvalue weighted by Gasteiger charge is 2.29. The summed E-state index contributed by atoms with van der Waals surface area (Å²) in [4.78, 5) is 58.6. The average molecular weight is 1430 g/mol. The Hall–Kier alpha value is -4.83. The molecule has 0 aliphatic carbocycles. The summed E-state index contributed by atoms with van der Waals surface area (Å²) in [6.45, 7) is 2.28. The maximum absolute atomic E-state index is 12.9. The van der Waals surface area contributed by atoms with Gasteiger partial charge in [0.05, 0.1) is 26.4 Å². The molecular weight excluding hydrogens is 1290 g/mol. The van der Waals surface area contributed by atoms with Gasteiger partial charge in [0.1, 0.15) is 25.4 Å². The number of phosphoric ester groups is 2. The van der Waals surface area contributed by atoms with E-state index in [9.17, 15) is 43.5 Å². The highest BCUT2D eigenvalue weighted by atomic mass is 31.2. The molecule has 0 heterocycles. The molecule has 0 saturated carbocycles. The van der Waals surface area contributed by atoms with Gasteiger partial charge in [-0.15, -0.1) is 0 Å². The van der Waals surface area contributed by atoms with Crippen molar-refractivity contribution in [1.29, 1.82) is 0 Å². The van der Waals surface area contributed by atoms with E-state index in [1.165, 1.54) is 44.9 Å². The van der Waals surface area contributed by atoms with E-state index in [4.69, 9.17) is 32.3 Å². The van der Waals surface area contributed by atoms with Gasteiger partial charge in [0.2, 0.25) is 0 Å². The van der Waals surface area contributed by atoms with Gasteiger partial charge in [0.25, 0.3) is 0 Å². The van der Waals surface area contributed by atoms with Crippen molar-refractivity contribution < 1.29 is 75.8 Å². The molecule has 0 aromatic heterocycles. The Balaban J connectivity index is 4.60. The molecule has 99 heavy (non-hydrogen) atoms. The lowest BCUT2D eigenvalue weighted by Crippen LogP contribution is -2.30. The summed E-state index contributed by atoms with van der Waals surface area (Å²) in [6, 6.07) is 0. The number of unbranched alkanes of at least 4 members (excludes halogenated alkanes) is 21. The van der Waals surface area contributed by atoms with Crippen LogP contribution in [-0.4, -0.2) is 95.9 Å². The minimum Gasteiger partial charge on any atom is -0.463 e. The lowest BCUT2D eigenvalue weighted by atomic mass is 10.0. The Bertz CT molecular complexity index is 2430. The molecule has 5 atom stereocenters. The van der Waals surface area contributed by atoms with Crippen LogP contribution in [0.3, 0.4) is 0 Å². The highest BCUT2D eigenvalue weighted by Crippen LogP contribution is 2.45. The van der Waals surface area contributed by atoms with Gasteiger partial charge in [-0.1, -0.05) is 275 Å². The van der Waals surface area contributed by atoms with Gasteiger partial charge < -0.3 is 34.2 Å². The smallest absolute Gasteiger partial charge is 0.463 e. The molecule has 0 aromatic rings. The fourth-order valence-corrected chi connectivity index (χ4v) is 11.2. The zero-order chi connectivity index (χ0) is 72.3. The third-order valence-electron chi connectivity index (χ3n) is 15.2. The van der Waals surface area contributed by atoms with Crippen LogP contribution < -0.4 is 0 Å². The third kappa shape index (κ3) is 74.2. The average Bonchev–Trinajstić information content (AvgIpc) is 1.44. The Labute approximate surface area is 600 Å². The summed E-state index contributed by atoms with van der Waals surface area (Å²) in [5, 5.41) is 20.6. The fourth-order valence-electron chi connectivity index (χ4n) is 9.58. The molecular formula is C81H134O16P2. The Morgan fingerprint density at radius 3 is 0.798 bits per heavy atom. The summed E-state index contributed by atoms with van der Waals surface area (Å²) < 4.78 is 61.0. The lowest BCUT2D eigenvalue weighted by molar-refractivity contribution is -0.161. The zero-order valence-electron chi connectivity index (χ0n) is 61.4. The summed E-state index contributed by atoms with van der Waals surface area (Å²) in [5.74, 6) is -1.63. The second-order valence-electron chi connectivity index (χ2n) is 24.7. The van der Waals surface area contributed by atoms with Crippen LogP contribution in [0, 0.1) is 0 Å². The van der Waals surface area contributed by atoms with Crippen LogP contribution in [0.4, 0.5) is 0 Å². The Morgan fingerprint density at radius 1 is 0.283 bits per heavy atom. The third-order valence-corrected chi connectivity index (χ3v) is 17.1. The fraction of sp³-hybridized carbons (Fsp3) is 0.642. The highest BCUT2D eigenvalue weighted by molar-refractivity contribution is 7.47. The van der Waals surface area contributed by atoms with E-state index in [1.807, 2.05) is 0 Å². The van der Waals surface area contributed by atoms with E-state index in [1.54, 1.807) is 0 Å². The number of carbonyl (C=O) groups is 3. The molecule has 16 nitrogen and oxygen atoms in total. The van der Waals surface area contributed by atoms with Gasteiger partial charge >= 0.3 is 33.6 Å². The molecule has 564 valence electrons. The van der Waals surface area contributed by atoms with E-state index >= 15 is 0 Å². The standard InChI is InChI=1S/C81H134O16P2/c1-4-7-10-13-16-19-22-25-28-30-32-34-35-36-37-38-39-41-43-44-47-49-52-55-58-61-64-67-79(84)91-70-76(82)71-93-98(87,88)94-72-77(83)73-95-99(89,90)96-75-78(97-81(86)69-66-63-60-57-54-51-46-27-24-21-18-15-12-9-6-3)74-92-80(85)68-65-62-59-56-53-50-48-45-42-40-33-31-29-26-23-20-17-14-11-8-5-2/h7-12,16-21,25-29,32-34,36-37,40,45-46,48,76-78,82-83H,4-6,13-15,22-24,30-31,35,38-39,41-44,47,49-75H2,1-3H3,(H,87,88)(H,89,90)/b10-7-,11-8-,12-9-,19-16-,20-17-,21-18-,28-25-,29-26-,34-32-,37-36-,40-33-,46-27-,48-45-. The molecule has 0 amide bonds. The van der Waals surface area contributed by atoms with Gasteiger partial charge in [-0.2, -0.15) is 0 Å². The number of carbonyl (C=O) groups excluding carboxylic acids is 3. The van der Waals surface area contributed by atoms with Gasteiger partial charge in [0, 0.05) is 19.3 Å². The molecule has 0 saturated heterocycles. The summed E-state index contributed by atoms with van der Waals surface area (Å²) in [7, 11) is -9.81. The van der Waals surface area contributed by atoms with Crippen molar-refractivity contribution in [3.8, 4) is 0 Å². The molecule has 0 rings (SSSR count). The molecule has 0 aromatic carbocycles. The monoisotopic (exact) mass is 1420 g/mol.